The van der Waals surface area contributed by atoms with E-state index in [0.717, 1.165) is 25.7 Å². The van der Waals surface area contributed by atoms with E-state index in [0.29, 0.717) is 13.0 Å². The molecule has 0 bridgehead atoms. The van der Waals surface area contributed by atoms with Crippen molar-refractivity contribution in [3.63, 3.8) is 0 Å². The van der Waals surface area contributed by atoms with Crippen LogP contribution in [0.4, 0.5) is 0 Å². The summed E-state index contributed by atoms with van der Waals surface area (Å²) in [5.41, 5.74) is 5.35. The quantitative estimate of drug-likeness (QED) is 0.396. The number of carbonyl (C=O) groups is 1. The normalized spacial score (nSPS) is 23.5. The number of nitrogens with two attached hydrogens (primary N) is 1. The van der Waals surface area contributed by atoms with Crippen LogP contribution in [0.3, 0.4) is 0 Å². The third-order valence-corrected chi connectivity index (χ3v) is 2.62. The monoisotopic (exact) mass is 217 g/mol. The van der Waals surface area contributed by atoms with Crippen molar-refractivity contribution in [1.82, 2.24) is 0 Å². The Morgan fingerprint density at radius 2 is 2.00 bits per heavy atom. The highest BCUT2D eigenvalue weighted by Gasteiger charge is 2.30. The van der Waals surface area contributed by atoms with Gasteiger partial charge in [-0.3, -0.25) is 4.79 Å². The van der Waals surface area contributed by atoms with E-state index >= 15 is 0 Å². The van der Waals surface area contributed by atoms with Gasteiger partial charge in [0, 0.05) is 0 Å². The molecule has 0 aromatic carbocycles. The number of aliphatic hydroxyl groups is 1. The number of carboxylic acid groups (broad SMARTS) is 1. The topological polar surface area (TPSA) is 96.1 Å². The Morgan fingerprint density at radius 1 is 1.40 bits per heavy atom. The Bertz CT molecular complexity index is 206. The first kappa shape index (κ1) is 12.4. The number of ether oxygens (including phenoxy) is 1. The smallest absolute Gasteiger partial charge is 0.320 e. The van der Waals surface area contributed by atoms with Crippen molar-refractivity contribution in [1.29, 1.82) is 0 Å². The molecule has 1 aliphatic heterocycles. The second kappa shape index (κ2) is 6.05. The molecular formula is C10H19NO4. The average molecular weight is 217 g/mol. The molecule has 0 amide bonds. The van der Waals surface area contributed by atoms with Gasteiger partial charge in [0.2, 0.25) is 0 Å². The molecule has 0 saturated carbocycles. The number of hydrogen-bond donors (Lipinski definition) is 3. The van der Waals surface area contributed by atoms with E-state index in [-0.39, 0.29) is 12.2 Å². The summed E-state index contributed by atoms with van der Waals surface area (Å²) in [6, 6.07) is -0.748. The SMILES string of the molecule is NC(CCCCCC(O)C1CO1)C(=O)O. The van der Waals surface area contributed by atoms with Crippen LogP contribution in [-0.2, 0) is 9.53 Å². The van der Waals surface area contributed by atoms with E-state index in [4.69, 9.17) is 15.6 Å². The molecule has 15 heavy (non-hydrogen) atoms. The summed E-state index contributed by atoms with van der Waals surface area (Å²) in [5.74, 6) is -0.943. The summed E-state index contributed by atoms with van der Waals surface area (Å²) in [4.78, 5) is 10.4. The van der Waals surface area contributed by atoms with Gasteiger partial charge in [-0.1, -0.05) is 19.3 Å². The molecule has 4 N–H and O–H groups in total. The fraction of sp³-hybridized carbons (Fsp3) is 0.900. The first-order valence-electron chi connectivity index (χ1n) is 5.39. The largest absolute Gasteiger partial charge is 0.480 e. The molecule has 3 unspecified atom stereocenters. The third-order valence-electron chi connectivity index (χ3n) is 2.62. The highest BCUT2D eigenvalue weighted by Crippen LogP contribution is 2.18. The van der Waals surface area contributed by atoms with E-state index in [9.17, 15) is 9.90 Å². The minimum Gasteiger partial charge on any atom is -0.480 e. The number of aliphatic hydroxyl groups excluding tert-OH is 1. The van der Waals surface area contributed by atoms with Gasteiger partial charge in [0.15, 0.2) is 0 Å². The van der Waals surface area contributed by atoms with Crippen molar-refractivity contribution in [2.24, 2.45) is 5.73 Å². The molecule has 1 aliphatic rings. The number of hydrogen-bond acceptors (Lipinski definition) is 4. The molecule has 0 radical (unpaired) electrons. The number of unbranched alkanes of at least 4 members (excludes halogenated alkanes) is 2. The van der Waals surface area contributed by atoms with Crippen LogP contribution in [0.2, 0.25) is 0 Å². The zero-order valence-corrected chi connectivity index (χ0v) is 8.76. The molecule has 0 aromatic heterocycles. The Labute approximate surface area is 89.2 Å². The number of rotatable bonds is 8. The van der Waals surface area contributed by atoms with Gasteiger partial charge in [0.05, 0.1) is 12.7 Å². The molecule has 5 nitrogen and oxygen atoms in total. The summed E-state index contributed by atoms with van der Waals surface area (Å²) < 4.78 is 4.95. The van der Waals surface area contributed by atoms with E-state index in [1.807, 2.05) is 0 Å². The van der Waals surface area contributed by atoms with Crippen molar-refractivity contribution >= 4 is 5.97 Å². The maximum Gasteiger partial charge on any atom is 0.320 e. The van der Waals surface area contributed by atoms with Gasteiger partial charge in [-0.15, -0.1) is 0 Å². The summed E-state index contributed by atoms with van der Waals surface area (Å²) in [7, 11) is 0. The van der Waals surface area contributed by atoms with Gasteiger partial charge in [-0.05, 0) is 12.8 Å². The van der Waals surface area contributed by atoms with Crippen LogP contribution in [0.5, 0.6) is 0 Å². The van der Waals surface area contributed by atoms with Gasteiger partial charge in [-0.2, -0.15) is 0 Å². The lowest BCUT2D eigenvalue weighted by molar-refractivity contribution is -0.138. The van der Waals surface area contributed by atoms with E-state index in [1.54, 1.807) is 0 Å². The molecule has 1 heterocycles. The molecule has 0 aliphatic carbocycles. The van der Waals surface area contributed by atoms with Gasteiger partial charge >= 0.3 is 5.97 Å². The van der Waals surface area contributed by atoms with E-state index < -0.39 is 12.0 Å². The second-order valence-corrected chi connectivity index (χ2v) is 4.02. The number of aliphatic carboxylic acids is 1. The van der Waals surface area contributed by atoms with Gasteiger partial charge in [0.1, 0.15) is 12.1 Å². The van der Waals surface area contributed by atoms with Crippen LogP contribution < -0.4 is 5.73 Å². The number of epoxide rings is 1. The third kappa shape index (κ3) is 5.11. The van der Waals surface area contributed by atoms with Gasteiger partial charge in [0.25, 0.3) is 0 Å². The molecule has 3 atom stereocenters. The maximum absolute atomic E-state index is 10.4. The molecule has 88 valence electrons. The predicted molar refractivity (Wildman–Crippen MR) is 54.4 cm³/mol. The second-order valence-electron chi connectivity index (χ2n) is 4.02. The predicted octanol–water partition coefficient (Wildman–Crippen LogP) is 0.108. The number of carboxylic acids is 1. The molecular weight excluding hydrogens is 198 g/mol. The van der Waals surface area contributed by atoms with Crippen molar-refractivity contribution in [3.05, 3.63) is 0 Å². The van der Waals surface area contributed by atoms with Crippen LogP contribution in [0.1, 0.15) is 32.1 Å². The van der Waals surface area contributed by atoms with Crippen molar-refractivity contribution < 1.29 is 19.7 Å². The minimum atomic E-state index is -0.943. The van der Waals surface area contributed by atoms with Crippen molar-refractivity contribution in [2.75, 3.05) is 6.61 Å². The van der Waals surface area contributed by atoms with Gasteiger partial charge in [-0.25, -0.2) is 0 Å². The van der Waals surface area contributed by atoms with E-state index in [1.165, 1.54) is 0 Å². The molecule has 0 spiro atoms. The molecule has 5 heteroatoms. The fourth-order valence-corrected chi connectivity index (χ4v) is 1.48. The zero-order chi connectivity index (χ0) is 11.3. The lowest BCUT2D eigenvalue weighted by Gasteiger charge is -2.08. The van der Waals surface area contributed by atoms with Crippen LogP contribution in [0.15, 0.2) is 0 Å². The van der Waals surface area contributed by atoms with Crippen LogP contribution in [0, 0.1) is 0 Å². The first-order valence-corrected chi connectivity index (χ1v) is 5.39. The van der Waals surface area contributed by atoms with Crippen molar-refractivity contribution in [3.8, 4) is 0 Å². The van der Waals surface area contributed by atoms with Crippen LogP contribution in [-0.4, -0.2) is 41.0 Å². The fourth-order valence-electron chi connectivity index (χ4n) is 1.48. The summed E-state index contributed by atoms with van der Waals surface area (Å²) in [6.45, 7) is 0.672. The molecule has 1 saturated heterocycles. The van der Waals surface area contributed by atoms with Crippen LogP contribution >= 0.6 is 0 Å². The first-order chi connectivity index (χ1) is 7.11. The highest BCUT2D eigenvalue weighted by atomic mass is 16.6. The Kier molecular flexibility index (Phi) is 5.01. The average Bonchev–Trinajstić information content (AvgIpc) is 2.99. The molecule has 1 fully saturated rings. The Hall–Kier alpha value is -0.650. The molecule has 1 rings (SSSR count). The Morgan fingerprint density at radius 3 is 2.53 bits per heavy atom. The summed E-state index contributed by atoms with van der Waals surface area (Å²) in [6.07, 6.45) is 3.53. The van der Waals surface area contributed by atoms with Crippen molar-refractivity contribution in [2.45, 2.75) is 50.4 Å². The molecule has 0 aromatic rings. The van der Waals surface area contributed by atoms with Gasteiger partial charge < -0.3 is 20.7 Å². The lowest BCUT2D eigenvalue weighted by Crippen LogP contribution is -2.29. The van der Waals surface area contributed by atoms with E-state index in [2.05, 4.69) is 0 Å². The summed E-state index contributed by atoms with van der Waals surface area (Å²) in [5, 5.41) is 18.0. The highest BCUT2D eigenvalue weighted by molar-refractivity contribution is 5.72. The minimum absolute atomic E-state index is 0.0475. The van der Waals surface area contributed by atoms with Crippen LogP contribution in [0.25, 0.3) is 0 Å². The zero-order valence-electron chi connectivity index (χ0n) is 8.76. The standard InChI is InChI=1S/C10H19NO4/c11-7(10(13)14)4-2-1-3-5-8(12)9-6-15-9/h7-9,12H,1-6,11H2,(H,13,14). The Balaban J connectivity index is 1.90. The lowest BCUT2D eigenvalue weighted by atomic mass is 10.0. The summed E-state index contributed by atoms with van der Waals surface area (Å²) >= 11 is 0. The maximum atomic E-state index is 10.4.